The van der Waals surface area contributed by atoms with Crippen LogP contribution < -0.4 is 0 Å². The number of carbonyl (C=O) groups excluding carboxylic acids is 1. The predicted octanol–water partition coefficient (Wildman–Crippen LogP) is 0.675. The number of halogens is 1. The summed E-state index contributed by atoms with van der Waals surface area (Å²) in [4.78, 5) is 13.0. The second kappa shape index (κ2) is 4.57. The molecule has 0 spiro atoms. The Kier molecular flexibility index (Phi) is 4.45. The normalized spacial score (nSPS) is 24.4. The van der Waals surface area contributed by atoms with E-state index in [2.05, 4.69) is 4.74 Å². The molecule has 4 heteroatoms. The maximum atomic E-state index is 11.0. The quantitative estimate of drug-likeness (QED) is 0.555. The van der Waals surface area contributed by atoms with Gasteiger partial charge in [-0.15, -0.1) is 12.4 Å². The Hall–Kier alpha value is -0.280. The number of ether oxygens (including phenoxy) is 1. The fourth-order valence-electron chi connectivity index (χ4n) is 1.34. The van der Waals surface area contributed by atoms with Crippen molar-refractivity contribution in [2.24, 2.45) is 0 Å². The van der Waals surface area contributed by atoms with E-state index < -0.39 is 0 Å². The van der Waals surface area contributed by atoms with Crippen molar-refractivity contribution in [2.75, 3.05) is 20.7 Å². The first-order chi connectivity index (χ1) is 4.75. The van der Waals surface area contributed by atoms with E-state index in [9.17, 15) is 4.79 Å². The van der Waals surface area contributed by atoms with Gasteiger partial charge >= 0.3 is 5.97 Å². The Balaban J connectivity index is 0.000001000. The van der Waals surface area contributed by atoms with Crippen LogP contribution in [0.4, 0.5) is 0 Å². The molecule has 1 atom stereocenters. The van der Waals surface area contributed by atoms with Crippen molar-refractivity contribution in [1.82, 2.24) is 4.90 Å². The number of carbonyl (C=O) groups is 1. The number of esters is 1. The monoisotopic (exact) mass is 179 g/mol. The van der Waals surface area contributed by atoms with Crippen LogP contribution in [-0.2, 0) is 9.53 Å². The molecule has 0 bridgehead atoms. The summed E-state index contributed by atoms with van der Waals surface area (Å²) in [6.45, 7) is 1.01. The van der Waals surface area contributed by atoms with Gasteiger partial charge in [0.15, 0.2) is 0 Å². The maximum absolute atomic E-state index is 11.0. The Labute approximate surface area is 73.1 Å². The minimum Gasteiger partial charge on any atom is -0.468 e. The van der Waals surface area contributed by atoms with Crippen LogP contribution in [0.5, 0.6) is 0 Å². The summed E-state index contributed by atoms with van der Waals surface area (Å²) in [5.41, 5.74) is 0. The maximum Gasteiger partial charge on any atom is 0.323 e. The SMILES string of the molecule is COC(=O)C1CCCN1C.Cl. The topological polar surface area (TPSA) is 29.5 Å². The van der Waals surface area contributed by atoms with Gasteiger partial charge in [-0.2, -0.15) is 0 Å². The molecule has 11 heavy (non-hydrogen) atoms. The molecule has 1 aliphatic rings. The Morgan fingerprint density at radius 3 is 2.64 bits per heavy atom. The number of rotatable bonds is 1. The average molecular weight is 180 g/mol. The van der Waals surface area contributed by atoms with E-state index in [0.29, 0.717) is 0 Å². The molecule has 3 nitrogen and oxygen atoms in total. The van der Waals surface area contributed by atoms with Gasteiger partial charge in [0, 0.05) is 0 Å². The molecular formula is C7H14ClNO2. The van der Waals surface area contributed by atoms with Gasteiger partial charge in [0.25, 0.3) is 0 Å². The fourth-order valence-corrected chi connectivity index (χ4v) is 1.34. The number of methoxy groups -OCH3 is 1. The molecule has 0 aliphatic carbocycles. The Bertz CT molecular complexity index is 140. The van der Waals surface area contributed by atoms with Gasteiger partial charge in [0.05, 0.1) is 7.11 Å². The van der Waals surface area contributed by atoms with E-state index in [0.717, 1.165) is 19.4 Å². The lowest BCUT2D eigenvalue weighted by Crippen LogP contribution is -2.33. The minimum atomic E-state index is -0.0972. The van der Waals surface area contributed by atoms with Crippen LogP contribution in [0.15, 0.2) is 0 Å². The van der Waals surface area contributed by atoms with Gasteiger partial charge in [-0.25, -0.2) is 0 Å². The van der Waals surface area contributed by atoms with Crippen molar-refractivity contribution in [2.45, 2.75) is 18.9 Å². The molecule has 0 amide bonds. The molecule has 1 rings (SSSR count). The number of hydrogen-bond donors (Lipinski definition) is 0. The highest BCUT2D eigenvalue weighted by Crippen LogP contribution is 2.15. The standard InChI is InChI=1S/C7H13NO2.ClH/c1-8-5-3-4-6(8)7(9)10-2;/h6H,3-5H2,1-2H3;1H. The van der Waals surface area contributed by atoms with Crippen molar-refractivity contribution in [1.29, 1.82) is 0 Å². The molecular weight excluding hydrogens is 166 g/mol. The Morgan fingerprint density at radius 2 is 2.27 bits per heavy atom. The van der Waals surface area contributed by atoms with Crippen molar-refractivity contribution in [3.05, 3.63) is 0 Å². The second-order valence-corrected chi connectivity index (χ2v) is 2.66. The largest absolute Gasteiger partial charge is 0.468 e. The number of nitrogens with zero attached hydrogens (tertiary/aromatic N) is 1. The number of likely N-dealkylation sites (N-methyl/N-ethyl adjacent to an activating group) is 1. The van der Waals surface area contributed by atoms with Crippen LogP contribution in [0.1, 0.15) is 12.8 Å². The highest BCUT2D eigenvalue weighted by Gasteiger charge is 2.27. The summed E-state index contributed by atoms with van der Waals surface area (Å²) in [6.07, 6.45) is 2.06. The van der Waals surface area contributed by atoms with E-state index in [1.807, 2.05) is 11.9 Å². The van der Waals surface area contributed by atoms with E-state index >= 15 is 0 Å². The summed E-state index contributed by atoms with van der Waals surface area (Å²) < 4.78 is 4.62. The minimum absolute atomic E-state index is 0. The molecule has 0 radical (unpaired) electrons. The highest BCUT2D eigenvalue weighted by atomic mass is 35.5. The van der Waals surface area contributed by atoms with Crippen molar-refractivity contribution < 1.29 is 9.53 Å². The molecule has 1 heterocycles. The molecule has 0 saturated carbocycles. The van der Waals surface area contributed by atoms with Gasteiger partial charge in [0.2, 0.25) is 0 Å². The zero-order valence-corrected chi connectivity index (χ0v) is 7.69. The zero-order chi connectivity index (χ0) is 7.56. The first-order valence-electron chi connectivity index (χ1n) is 3.54. The van der Waals surface area contributed by atoms with E-state index in [1.165, 1.54) is 7.11 Å². The third-order valence-electron chi connectivity index (χ3n) is 1.99. The van der Waals surface area contributed by atoms with Gasteiger partial charge in [-0.1, -0.05) is 0 Å². The molecule has 0 N–H and O–H groups in total. The summed E-state index contributed by atoms with van der Waals surface area (Å²) in [6, 6.07) is 0.0185. The lowest BCUT2D eigenvalue weighted by molar-refractivity contribution is -0.145. The van der Waals surface area contributed by atoms with Gasteiger partial charge in [0.1, 0.15) is 6.04 Å². The third-order valence-corrected chi connectivity index (χ3v) is 1.99. The summed E-state index contributed by atoms with van der Waals surface area (Å²) in [5.74, 6) is -0.0972. The van der Waals surface area contributed by atoms with Gasteiger partial charge in [-0.05, 0) is 26.4 Å². The highest BCUT2D eigenvalue weighted by molar-refractivity contribution is 5.85. The van der Waals surface area contributed by atoms with Crippen molar-refractivity contribution >= 4 is 18.4 Å². The molecule has 0 aromatic heterocycles. The van der Waals surface area contributed by atoms with Crippen LogP contribution in [0.2, 0.25) is 0 Å². The lowest BCUT2D eigenvalue weighted by Gasteiger charge is -2.15. The average Bonchev–Trinajstić information content (AvgIpc) is 2.34. The summed E-state index contributed by atoms with van der Waals surface area (Å²) in [7, 11) is 3.39. The number of likely N-dealkylation sites (tertiary alicyclic amines) is 1. The lowest BCUT2D eigenvalue weighted by atomic mass is 10.2. The van der Waals surface area contributed by atoms with Gasteiger partial charge in [-0.3, -0.25) is 9.69 Å². The first kappa shape index (κ1) is 10.7. The van der Waals surface area contributed by atoms with Crippen molar-refractivity contribution in [3.8, 4) is 0 Å². The smallest absolute Gasteiger partial charge is 0.323 e. The predicted molar refractivity (Wildman–Crippen MR) is 44.9 cm³/mol. The van der Waals surface area contributed by atoms with E-state index in [1.54, 1.807) is 0 Å². The van der Waals surface area contributed by atoms with Crippen molar-refractivity contribution in [3.63, 3.8) is 0 Å². The molecule has 0 aromatic carbocycles. The van der Waals surface area contributed by atoms with Gasteiger partial charge < -0.3 is 4.74 Å². The van der Waals surface area contributed by atoms with E-state index in [-0.39, 0.29) is 24.4 Å². The first-order valence-corrected chi connectivity index (χ1v) is 3.54. The van der Waals surface area contributed by atoms with Crippen LogP contribution in [0, 0.1) is 0 Å². The molecule has 1 unspecified atom stereocenters. The zero-order valence-electron chi connectivity index (χ0n) is 6.87. The second-order valence-electron chi connectivity index (χ2n) is 2.66. The molecule has 66 valence electrons. The summed E-state index contributed by atoms with van der Waals surface area (Å²) in [5, 5.41) is 0. The fraction of sp³-hybridized carbons (Fsp3) is 0.857. The molecule has 1 saturated heterocycles. The molecule has 1 fully saturated rings. The molecule has 1 aliphatic heterocycles. The van der Waals surface area contributed by atoms with Crippen LogP contribution in [-0.4, -0.2) is 37.6 Å². The molecule has 0 aromatic rings. The van der Waals surface area contributed by atoms with Crippen LogP contribution in [0.3, 0.4) is 0 Å². The van der Waals surface area contributed by atoms with Crippen LogP contribution >= 0.6 is 12.4 Å². The third kappa shape index (κ3) is 2.34. The summed E-state index contributed by atoms with van der Waals surface area (Å²) >= 11 is 0. The van der Waals surface area contributed by atoms with Crippen LogP contribution in [0.25, 0.3) is 0 Å². The number of hydrogen-bond acceptors (Lipinski definition) is 3. The van der Waals surface area contributed by atoms with E-state index in [4.69, 9.17) is 0 Å². The Morgan fingerprint density at radius 1 is 1.64 bits per heavy atom.